The molecule has 110 valence electrons. The van der Waals surface area contributed by atoms with Crippen LogP contribution in [0.2, 0.25) is 5.22 Å². The van der Waals surface area contributed by atoms with E-state index in [9.17, 15) is 4.39 Å². The van der Waals surface area contributed by atoms with Gasteiger partial charge in [0.15, 0.2) is 0 Å². The third-order valence-corrected chi connectivity index (χ3v) is 3.96. The largest absolute Gasteiger partial charge is 0.425 e. The van der Waals surface area contributed by atoms with Crippen molar-refractivity contribution in [2.75, 3.05) is 0 Å². The molecule has 0 saturated carbocycles. The molecule has 1 rings (SSSR count). The molecule has 0 radical (unpaired) electrons. The second-order valence-electron chi connectivity index (χ2n) is 5.56. The summed E-state index contributed by atoms with van der Waals surface area (Å²) < 4.78 is 18.6. The van der Waals surface area contributed by atoms with Crippen LogP contribution >= 0.6 is 11.6 Å². The van der Waals surface area contributed by atoms with E-state index in [-0.39, 0.29) is 10.6 Å². The summed E-state index contributed by atoms with van der Waals surface area (Å²) in [4.78, 5) is 3.87. The lowest BCUT2D eigenvalue weighted by molar-refractivity contribution is 0.290. The van der Waals surface area contributed by atoms with Gasteiger partial charge < -0.3 is 4.42 Å². The number of hydrogen-bond acceptors (Lipinski definition) is 2. The Morgan fingerprint density at radius 2 is 1.74 bits per heavy atom. The van der Waals surface area contributed by atoms with Gasteiger partial charge in [-0.3, -0.25) is 0 Å². The molecule has 0 amide bonds. The molecule has 1 heterocycles. The Kier molecular flexibility index (Phi) is 6.84. The summed E-state index contributed by atoms with van der Waals surface area (Å²) in [6.07, 6.45) is 8.92. The maximum Gasteiger partial charge on any atom is 0.271 e. The van der Waals surface area contributed by atoms with Crippen molar-refractivity contribution in [1.29, 1.82) is 0 Å². The number of oxazole rings is 1. The molecule has 19 heavy (non-hydrogen) atoms. The number of hydrogen-bond donors (Lipinski definition) is 0. The van der Waals surface area contributed by atoms with Crippen LogP contribution < -0.4 is 0 Å². The first-order valence-electron chi connectivity index (χ1n) is 7.35. The smallest absolute Gasteiger partial charge is 0.271 e. The van der Waals surface area contributed by atoms with E-state index in [2.05, 4.69) is 25.8 Å². The first-order chi connectivity index (χ1) is 9.03. The highest BCUT2D eigenvalue weighted by Crippen LogP contribution is 2.36. The zero-order chi connectivity index (χ0) is 14.3. The van der Waals surface area contributed by atoms with Gasteiger partial charge >= 0.3 is 0 Å². The monoisotopic (exact) mass is 289 g/mol. The van der Waals surface area contributed by atoms with Gasteiger partial charge in [-0.2, -0.15) is 9.37 Å². The summed E-state index contributed by atoms with van der Waals surface area (Å²) in [7, 11) is 0. The van der Waals surface area contributed by atoms with Crippen molar-refractivity contribution in [3.63, 3.8) is 0 Å². The Bertz CT molecular complexity index is 361. The highest BCUT2D eigenvalue weighted by molar-refractivity contribution is 6.28. The van der Waals surface area contributed by atoms with Crippen LogP contribution in [0, 0.1) is 5.95 Å². The van der Waals surface area contributed by atoms with Gasteiger partial charge in [-0.25, -0.2) is 0 Å². The second-order valence-corrected chi connectivity index (χ2v) is 5.90. The predicted octanol–water partition coefficient (Wildman–Crippen LogP) is 5.89. The van der Waals surface area contributed by atoms with E-state index in [1.165, 1.54) is 19.3 Å². The van der Waals surface area contributed by atoms with E-state index in [0.29, 0.717) is 5.89 Å². The van der Waals surface area contributed by atoms with Crippen LogP contribution in [0.5, 0.6) is 0 Å². The normalized spacial score (nSPS) is 14.6. The van der Waals surface area contributed by atoms with Crippen molar-refractivity contribution in [1.82, 2.24) is 4.98 Å². The minimum absolute atomic E-state index is 0.197. The Morgan fingerprint density at radius 1 is 1.11 bits per heavy atom. The minimum Gasteiger partial charge on any atom is -0.425 e. The van der Waals surface area contributed by atoms with Gasteiger partial charge in [-0.1, -0.05) is 59.3 Å². The molecule has 0 aromatic carbocycles. The summed E-state index contributed by atoms with van der Waals surface area (Å²) >= 11 is 5.65. The van der Waals surface area contributed by atoms with Crippen molar-refractivity contribution in [3.05, 3.63) is 17.1 Å². The fourth-order valence-electron chi connectivity index (χ4n) is 2.39. The molecule has 0 saturated heterocycles. The molecule has 1 aromatic rings. The second kappa shape index (κ2) is 7.88. The van der Waals surface area contributed by atoms with E-state index in [1.807, 2.05) is 0 Å². The maximum absolute atomic E-state index is 13.3. The van der Waals surface area contributed by atoms with Crippen molar-refractivity contribution >= 4 is 11.6 Å². The van der Waals surface area contributed by atoms with Gasteiger partial charge in [0.1, 0.15) is 0 Å². The average Bonchev–Trinajstić information content (AvgIpc) is 2.73. The van der Waals surface area contributed by atoms with Crippen LogP contribution in [0.1, 0.15) is 78.0 Å². The zero-order valence-electron chi connectivity index (χ0n) is 12.3. The van der Waals surface area contributed by atoms with Gasteiger partial charge in [0.2, 0.25) is 5.89 Å². The van der Waals surface area contributed by atoms with E-state index in [4.69, 9.17) is 16.0 Å². The molecule has 0 spiro atoms. The molecule has 1 atom stereocenters. The first kappa shape index (κ1) is 16.5. The number of nitrogens with zero attached hydrogens (tertiary/aromatic N) is 1. The third-order valence-electron chi connectivity index (χ3n) is 3.73. The molecule has 4 heteroatoms. The van der Waals surface area contributed by atoms with Gasteiger partial charge in [-0.05, 0) is 24.4 Å². The fraction of sp³-hybridized carbons (Fsp3) is 0.800. The van der Waals surface area contributed by atoms with Crippen molar-refractivity contribution in [2.24, 2.45) is 0 Å². The van der Waals surface area contributed by atoms with Crippen molar-refractivity contribution in [2.45, 2.75) is 77.6 Å². The fourth-order valence-corrected chi connectivity index (χ4v) is 2.50. The van der Waals surface area contributed by atoms with Gasteiger partial charge in [-0.15, -0.1) is 0 Å². The molecule has 0 aliphatic rings. The van der Waals surface area contributed by atoms with E-state index in [1.54, 1.807) is 0 Å². The topological polar surface area (TPSA) is 26.0 Å². The van der Waals surface area contributed by atoms with Gasteiger partial charge in [0, 0.05) is 5.41 Å². The van der Waals surface area contributed by atoms with Gasteiger partial charge in [0.25, 0.3) is 11.2 Å². The molecule has 0 bridgehead atoms. The SMILES string of the molecule is CCCCCCC(C)(CCCC)c1nc(F)c(Cl)o1. The highest BCUT2D eigenvalue weighted by atomic mass is 35.5. The Hall–Kier alpha value is -0.570. The lowest BCUT2D eigenvalue weighted by atomic mass is 9.80. The predicted molar refractivity (Wildman–Crippen MR) is 77.1 cm³/mol. The molecular formula is C15H25ClFNO. The maximum atomic E-state index is 13.3. The van der Waals surface area contributed by atoms with Crippen molar-refractivity contribution in [3.8, 4) is 0 Å². The quantitative estimate of drug-likeness (QED) is 0.530. The van der Waals surface area contributed by atoms with Crippen LogP contribution in [0.4, 0.5) is 4.39 Å². The van der Waals surface area contributed by atoms with Crippen molar-refractivity contribution < 1.29 is 8.81 Å². The number of rotatable bonds is 9. The minimum atomic E-state index is -0.687. The Labute approximate surface area is 120 Å². The summed E-state index contributed by atoms with van der Waals surface area (Å²) in [6, 6.07) is 0. The van der Waals surface area contributed by atoms with E-state index < -0.39 is 5.95 Å². The summed E-state index contributed by atoms with van der Waals surface area (Å²) in [5.74, 6) is -0.229. The molecule has 0 aliphatic carbocycles. The molecule has 2 nitrogen and oxygen atoms in total. The van der Waals surface area contributed by atoms with Crippen LogP contribution in [-0.4, -0.2) is 4.98 Å². The molecular weight excluding hydrogens is 265 g/mol. The third kappa shape index (κ3) is 4.79. The van der Waals surface area contributed by atoms with Crippen LogP contribution in [0.15, 0.2) is 4.42 Å². The molecule has 0 N–H and O–H groups in total. The number of aromatic nitrogens is 1. The number of halogens is 2. The van der Waals surface area contributed by atoms with E-state index in [0.717, 1.165) is 32.1 Å². The summed E-state index contributed by atoms with van der Waals surface area (Å²) in [5.41, 5.74) is -0.197. The van der Waals surface area contributed by atoms with Crippen LogP contribution in [0.3, 0.4) is 0 Å². The Morgan fingerprint density at radius 3 is 2.26 bits per heavy atom. The summed E-state index contributed by atoms with van der Waals surface area (Å²) in [6.45, 7) is 6.45. The lowest BCUT2D eigenvalue weighted by Gasteiger charge is -2.26. The van der Waals surface area contributed by atoms with Gasteiger partial charge in [0.05, 0.1) is 0 Å². The van der Waals surface area contributed by atoms with E-state index >= 15 is 0 Å². The zero-order valence-corrected chi connectivity index (χ0v) is 13.0. The highest BCUT2D eigenvalue weighted by Gasteiger charge is 2.32. The van der Waals surface area contributed by atoms with Crippen LogP contribution in [0.25, 0.3) is 0 Å². The first-order valence-corrected chi connectivity index (χ1v) is 7.73. The average molecular weight is 290 g/mol. The molecule has 0 aliphatic heterocycles. The molecule has 1 unspecified atom stereocenters. The molecule has 1 aromatic heterocycles. The summed E-state index contributed by atoms with van der Waals surface area (Å²) in [5, 5.41) is -0.216. The van der Waals surface area contributed by atoms with Crippen LogP contribution in [-0.2, 0) is 5.41 Å². The number of unbranched alkanes of at least 4 members (excludes halogenated alkanes) is 4. The standard InChI is InChI=1S/C15H25ClFNO/c1-4-6-8-9-11-15(3,10-7-5-2)14-18-13(17)12(16)19-14/h4-11H2,1-3H3. The lowest BCUT2D eigenvalue weighted by Crippen LogP contribution is -2.22. The molecule has 0 fully saturated rings. The Balaban J connectivity index is 2.73.